The molecule has 48 heavy (non-hydrogen) atoms. The Morgan fingerprint density at radius 1 is 0.521 bits per heavy atom. The van der Waals surface area contributed by atoms with Gasteiger partial charge >= 0.3 is 5.97 Å². The van der Waals surface area contributed by atoms with Crippen LogP contribution in [0.1, 0.15) is 23.2 Å². The molecule has 3 heterocycles. The Labute approximate surface area is 274 Å². The first kappa shape index (κ1) is 35.9. The monoisotopic (exact) mass is 673 g/mol. The predicted octanol–water partition coefficient (Wildman–Crippen LogP) is -0.419. The van der Waals surface area contributed by atoms with E-state index in [-0.39, 0.29) is 133 Å². The summed E-state index contributed by atoms with van der Waals surface area (Å²) in [5, 5.41) is 0.442. The molecule has 0 bridgehead atoms. The molecule has 0 spiro atoms. The second-order valence-corrected chi connectivity index (χ2v) is 10.1. The molecule has 0 atom stereocenters. The van der Waals surface area contributed by atoms with E-state index in [1.807, 2.05) is 0 Å². The van der Waals surface area contributed by atoms with Gasteiger partial charge in [-0.05, 0) is 12.1 Å². The van der Waals surface area contributed by atoms with Gasteiger partial charge in [-0.1, -0.05) is 0 Å². The molecule has 4 rings (SSSR count). The van der Waals surface area contributed by atoms with E-state index >= 15 is 0 Å². The lowest BCUT2D eigenvalue weighted by atomic mass is 10.2. The molecule has 258 valence electrons. The predicted molar refractivity (Wildman–Crippen MR) is 159 cm³/mol. The first-order valence-corrected chi connectivity index (χ1v) is 15.1. The third-order valence-corrected chi connectivity index (χ3v) is 6.75. The van der Waals surface area contributed by atoms with E-state index in [0.717, 1.165) is 9.80 Å². The Bertz CT molecular complexity index is 1310. The van der Waals surface area contributed by atoms with E-state index in [1.165, 1.54) is 42.5 Å². The first-order valence-electron chi connectivity index (χ1n) is 15.1. The van der Waals surface area contributed by atoms with Crippen molar-refractivity contribution in [3.05, 3.63) is 48.1 Å². The summed E-state index contributed by atoms with van der Waals surface area (Å²) in [4.78, 5) is 89.9. The van der Waals surface area contributed by atoms with E-state index < -0.39 is 17.8 Å². The summed E-state index contributed by atoms with van der Waals surface area (Å²) in [6.07, 6.45) is 4.72. The fraction of sp³-hybridized carbons (Fsp3) is 0.452. The largest absolute Gasteiger partial charge is 0.491 e. The molecule has 3 aliphatic rings. The second-order valence-electron chi connectivity index (χ2n) is 10.1. The lowest BCUT2D eigenvalue weighted by Gasteiger charge is -2.15. The smallest absolute Gasteiger partial charge is 0.364 e. The first-order chi connectivity index (χ1) is 23.2. The average molecular weight is 674 g/mol. The fourth-order valence-electron chi connectivity index (χ4n) is 4.35. The number of hydroxylamine groups is 2. The average Bonchev–Trinajstić information content (AvgIpc) is 3.69. The zero-order chi connectivity index (χ0) is 34.3. The van der Waals surface area contributed by atoms with Crippen LogP contribution >= 0.6 is 0 Å². The van der Waals surface area contributed by atoms with Crippen LogP contribution in [0.15, 0.2) is 42.5 Å². The van der Waals surface area contributed by atoms with Crippen molar-refractivity contribution >= 4 is 41.4 Å². The van der Waals surface area contributed by atoms with Crippen molar-refractivity contribution in [1.82, 2.24) is 14.9 Å². The summed E-state index contributed by atoms with van der Waals surface area (Å²) in [6.45, 7) is 2.02. The molecule has 0 unspecified atom stereocenters. The van der Waals surface area contributed by atoms with E-state index in [2.05, 4.69) is 0 Å². The molecule has 1 aromatic rings. The number of hydrogen-bond acceptors (Lipinski definition) is 14. The molecule has 0 radical (unpaired) electrons. The molecular formula is C31H35N3O14. The van der Waals surface area contributed by atoms with Gasteiger partial charge in [0.25, 0.3) is 35.4 Å². The van der Waals surface area contributed by atoms with Crippen LogP contribution in [0.2, 0.25) is 0 Å². The number of hydrogen-bond donors (Lipinski definition) is 0. The lowest BCUT2D eigenvalue weighted by Crippen LogP contribution is -2.33. The zero-order valence-electron chi connectivity index (χ0n) is 26.0. The van der Waals surface area contributed by atoms with Gasteiger partial charge in [-0.2, -0.15) is 0 Å². The van der Waals surface area contributed by atoms with Gasteiger partial charge in [-0.15, -0.1) is 5.06 Å². The molecule has 3 aliphatic heterocycles. The summed E-state index contributed by atoms with van der Waals surface area (Å²) in [5.74, 6) is -3.25. The maximum atomic E-state index is 12.8. The van der Waals surface area contributed by atoms with Crippen LogP contribution < -0.4 is 9.47 Å². The molecule has 1 aromatic carbocycles. The summed E-state index contributed by atoms with van der Waals surface area (Å²) in [7, 11) is 0. The van der Waals surface area contributed by atoms with Gasteiger partial charge in [0, 0.05) is 43.2 Å². The zero-order valence-corrected chi connectivity index (χ0v) is 26.0. The van der Waals surface area contributed by atoms with Gasteiger partial charge in [0.2, 0.25) is 0 Å². The summed E-state index contributed by atoms with van der Waals surface area (Å²) >= 11 is 0. The van der Waals surface area contributed by atoms with Gasteiger partial charge in [0.05, 0.1) is 71.5 Å². The highest BCUT2D eigenvalue weighted by atomic mass is 16.7. The van der Waals surface area contributed by atoms with Crippen molar-refractivity contribution < 1.29 is 66.8 Å². The van der Waals surface area contributed by atoms with E-state index in [0.29, 0.717) is 5.06 Å². The van der Waals surface area contributed by atoms with Gasteiger partial charge in [0.1, 0.15) is 24.7 Å². The van der Waals surface area contributed by atoms with Crippen molar-refractivity contribution in [3.63, 3.8) is 0 Å². The van der Waals surface area contributed by atoms with Crippen LogP contribution in [0.4, 0.5) is 0 Å². The molecule has 0 aromatic heterocycles. The van der Waals surface area contributed by atoms with Crippen LogP contribution in [-0.4, -0.2) is 135 Å². The SMILES string of the molecule is O=C(ON1C(=O)CCC1=O)c1cc(OCCOCCOCCN2C(=O)C=CC2=O)cc(OCCOCCOCCN2C(=O)C=CC2=O)c1. The number of carbonyl (C=O) groups excluding carboxylic acids is 7. The van der Waals surface area contributed by atoms with E-state index in [9.17, 15) is 33.6 Å². The minimum Gasteiger partial charge on any atom is -0.491 e. The van der Waals surface area contributed by atoms with Crippen molar-refractivity contribution in [1.29, 1.82) is 0 Å². The van der Waals surface area contributed by atoms with Crippen molar-refractivity contribution in [2.45, 2.75) is 12.8 Å². The highest BCUT2D eigenvalue weighted by Crippen LogP contribution is 2.25. The number of rotatable bonds is 22. The molecule has 1 saturated heterocycles. The third kappa shape index (κ3) is 10.8. The minimum atomic E-state index is -0.961. The van der Waals surface area contributed by atoms with E-state index in [1.54, 1.807) is 0 Å². The van der Waals surface area contributed by atoms with E-state index in [4.69, 9.17) is 33.3 Å². The summed E-state index contributed by atoms with van der Waals surface area (Å²) in [6, 6.07) is 4.26. The van der Waals surface area contributed by atoms with Crippen molar-refractivity contribution in [2.75, 3.05) is 79.2 Å². The topological polar surface area (TPSA) is 194 Å². The Morgan fingerprint density at radius 2 is 0.896 bits per heavy atom. The van der Waals surface area contributed by atoms with Gasteiger partial charge in [-0.25, -0.2) is 4.79 Å². The Balaban J connectivity index is 1.16. The number of carbonyl (C=O) groups is 7. The Hall–Kier alpha value is -4.97. The Kier molecular flexibility index (Phi) is 13.7. The van der Waals surface area contributed by atoms with Crippen LogP contribution in [-0.2, 0) is 52.6 Å². The van der Waals surface area contributed by atoms with Crippen LogP contribution in [0.5, 0.6) is 11.5 Å². The summed E-state index contributed by atoms with van der Waals surface area (Å²) in [5.41, 5.74) is -0.0334. The number of benzene rings is 1. The maximum Gasteiger partial charge on any atom is 0.364 e. The van der Waals surface area contributed by atoms with Crippen LogP contribution in [0.25, 0.3) is 0 Å². The highest BCUT2D eigenvalue weighted by Gasteiger charge is 2.33. The standard InChI is InChI=1S/C31H35N3O14/c35-25-1-2-26(36)32(25)7-9-42-11-13-44-15-17-46-23-19-22(31(41)48-34-29(39)5-6-30(34)40)20-24(21-23)47-18-16-45-14-12-43-10-8-33-27(37)3-4-28(33)38/h1-4,19-21H,5-18H2. The van der Waals surface area contributed by atoms with Crippen molar-refractivity contribution in [3.8, 4) is 11.5 Å². The quantitative estimate of drug-likeness (QED) is 0.114. The third-order valence-electron chi connectivity index (χ3n) is 6.75. The number of imide groups is 3. The number of amides is 6. The Morgan fingerprint density at radius 3 is 1.31 bits per heavy atom. The van der Waals surface area contributed by atoms with Gasteiger partial charge < -0.3 is 33.3 Å². The molecule has 17 nitrogen and oxygen atoms in total. The van der Waals surface area contributed by atoms with Crippen LogP contribution in [0, 0.1) is 0 Å². The number of nitrogens with zero attached hydrogens (tertiary/aromatic N) is 3. The van der Waals surface area contributed by atoms with Gasteiger partial charge in [-0.3, -0.25) is 38.6 Å². The minimum absolute atomic E-state index is 0.0334. The molecule has 17 heteroatoms. The summed E-state index contributed by atoms with van der Waals surface area (Å²) < 4.78 is 33.2. The maximum absolute atomic E-state index is 12.8. The molecule has 0 N–H and O–H groups in total. The highest BCUT2D eigenvalue weighted by molar-refractivity contribution is 6.13. The number of ether oxygens (including phenoxy) is 6. The molecular weight excluding hydrogens is 638 g/mol. The second kappa shape index (κ2) is 18.4. The normalized spacial score (nSPS) is 15.9. The molecule has 1 fully saturated rings. The molecule has 0 saturated carbocycles. The molecule has 0 aliphatic carbocycles. The van der Waals surface area contributed by atoms with Crippen molar-refractivity contribution in [2.24, 2.45) is 0 Å². The molecule has 6 amide bonds. The van der Waals surface area contributed by atoms with Crippen LogP contribution in [0.3, 0.4) is 0 Å². The fourth-order valence-corrected chi connectivity index (χ4v) is 4.35. The lowest BCUT2D eigenvalue weighted by molar-refractivity contribution is -0.172. The van der Waals surface area contributed by atoms with Gasteiger partial charge in [0.15, 0.2) is 0 Å².